The third kappa shape index (κ3) is 2.94. The molecule has 0 fully saturated rings. The molecule has 92 valence electrons. The molecule has 1 atom stereocenters. The van der Waals surface area contributed by atoms with Crippen molar-refractivity contribution in [2.45, 2.75) is 39.3 Å². The van der Waals surface area contributed by atoms with Gasteiger partial charge in [0.05, 0.1) is 5.54 Å². The third-order valence-corrected chi connectivity index (χ3v) is 5.02. The monoisotopic (exact) mass is 266 g/mol. The molecule has 0 aromatic carbocycles. The first-order chi connectivity index (χ1) is 8.14. The minimum atomic E-state index is -0.0130. The van der Waals surface area contributed by atoms with Gasteiger partial charge in [0.2, 0.25) is 0 Å². The Morgan fingerprint density at radius 2 is 2.24 bits per heavy atom. The topological polar surface area (TPSA) is 24.9 Å². The van der Waals surface area contributed by atoms with Crippen molar-refractivity contribution in [1.82, 2.24) is 10.3 Å². The van der Waals surface area contributed by atoms with Crippen molar-refractivity contribution in [1.29, 1.82) is 0 Å². The van der Waals surface area contributed by atoms with E-state index in [9.17, 15) is 0 Å². The highest BCUT2D eigenvalue weighted by atomic mass is 32.1. The molecule has 2 aromatic heterocycles. The predicted octanol–water partition coefficient (Wildman–Crippen LogP) is 3.93. The summed E-state index contributed by atoms with van der Waals surface area (Å²) in [4.78, 5) is 4.61. The highest BCUT2D eigenvalue weighted by molar-refractivity contribution is 7.09. The van der Waals surface area contributed by atoms with Gasteiger partial charge in [-0.2, -0.15) is 11.3 Å². The van der Waals surface area contributed by atoms with Gasteiger partial charge in [-0.1, -0.05) is 6.92 Å². The van der Waals surface area contributed by atoms with E-state index in [1.165, 1.54) is 10.6 Å². The number of thiazole rings is 1. The molecule has 2 rings (SSSR count). The zero-order valence-corrected chi connectivity index (χ0v) is 12.1. The molecule has 4 heteroatoms. The minimum absolute atomic E-state index is 0.0130. The van der Waals surface area contributed by atoms with E-state index < -0.39 is 0 Å². The summed E-state index contributed by atoms with van der Waals surface area (Å²) in [5.41, 5.74) is 2.45. The van der Waals surface area contributed by atoms with Gasteiger partial charge in [-0.3, -0.25) is 0 Å². The normalized spacial score (nSPS) is 14.8. The summed E-state index contributed by atoms with van der Waals surface area (Å²) in [5, 5.41) is 11.3. The smallest absolute Gasteiger partial charge is 0.113 e. The number of hydrogen-bond donors (Lipinski definition) is 1. The van der Waals surface area contributed by atoms with E-state index in [1.807, 2.05) is 0 Å². The lowest BCUT2D eigenvalue weighted by molar-refractivity contribution is 0.349. The van der Waals surface area contributed by atoms with E-state index in [2.05, 4.69) is 53.3 Å². The Balaban J connectivity index is 2.09. The van der Waals surface area contributed by atoms with Crippen molar-refractivity contribution >= 4 is 22.7 Å². The molecule has 0 saturated carbocycles. The zero-order valence-electron chi connectivity index (χ0n) is 10.5. The average Bonchev–Trinajstić information content (AvgIpc) is 2.97. The van der Waals surface area contributed by atoms with E-state index in [4.69, 9.17) is 0 Å². The Morgan fingerprint density at radius 3 is 2.76 bits per heavy atom. The molecule has 17 heavy (non-hydrogen) atoms. The molecule has 0 aliphatic carbocycles. The molecule has 2 aromatic rings. The number of aryl methyl sites for hydroxylation is 1. The maximum atomic E-state index is 4.61. The van der Waals surface area contributed by atoms with E-state index in [0.717, 1.165) is 18.7 Å². The Hall–Kier alpha value is -0.710. The van der Waals surface area contributed by atoms with Gasteiger partial charge in [-0.25, -0.2) is 4.98 Å². The van der Waals surface area contributed by atoms with Crippen LogP contribution < -0.4 is 5.32 Å². The van der Waals surface area contributed by atoms with Crippen LogP contribution in [0.5, 0.6) is 0 Å². The molecule has 2 heterocycles. The van der Waals surface area contributed by atoms with Gasteiger partial charge in [0.25, 0.3) is 0 Å². The maximum Gasteiger partial charge on any atom is 0.113 e. The summed E-state index contributed by atoms with van der Waals surface area (Å²) >= 11 is 3.49. The van der Waals surface area contributed by atoms with E-state index in [0.29, 0.717) is 0 Å². The first kappa shape index (κ1) is 12.7. The first-order valence-corrected chi connectivity index (χ1v) is 7.65. The SMILES string of the molecule is CCC(C)(NCc1ccsc1)c1nc(C)cs1. The molecule has 1 unspecified atom stereocenters. The van der Waals surface area contributed by atoms with Crippen LogP contribution in [0.1, 0.15) is 36.5 Å². The number of rotatable bonds is 5. The van der Waals surface area contributed by atoms with Gasteiger partial charge in [-0.15, -0.1) is 11.3 Å². The Kier molecular flexibility index (Phi) is 3.97. The van der Waals surface area contributed by atoms with Gasteiger partial charge in [0.15, 0.2) is 0 Å². The second-order valence-corrected chi connectivity index (χ2v) is 6.10. The Morgan fingerprint density at radius 1 is 1.41 bits per heavy atom. The Labute approximate surface area is 111 Å². The molecular weight excluding hydrogens is 248 g/mol. The molecule has 0 aliphatic rings. The quantitative estimate of drug-likeness (QED) is 0.887. The summed E-state index contributed by atoms with van der Waals surface area (Å²) in [7, 11) is 0. The zero-order chi connectivity index (χ0) is 12.3. The van der Waals surface area contributed by atoms with Gasteiger partial charge < -0.3 is 5.32 Å². The Bertz CT molecular complexity index is 461. The van der Waals surface area contributed by atoms with Crippen LogP contribution in [0.2, 0.25) is 0 Å². The van der Waals surface area contributed by atoms with Gasteiger partial charge >= 0.3 is 0 Å². The summed E-state index contributed by atoms with van der Waals surface area (Å²) in [6.07, 6.45) is 1.05. The van der Waals surface area contributed by atoms with Gasteiger partial charge in [-0.05, 0) is 42.7 Å². The molecule has 0 saturated heterocycles. The number of aromatic nitrogens is 1. The van der Waals surface area contributed by atoms with Crippen molar-refractivity contribution in [3.63, 3.8) is 0 Å². The van der Waals surface area contributed by atoms with E-state index >= 15 is 0 Å². The largest absolute Gasteiger partial charge is 0.301 e. The predicted molar refractivity (Wildman–Crippen MR) is 75.7 cm³/mol. The van der Waals surface area contributed by atoms with Crippen molar-refractivity contribution in [2.75, 3.05) is 0 Å². The van der Waals surface area contributed by atoms with Crippen LogP contribution in [0.3, 0.4) is 0 Å². The van der Waals surface area contributed by atoms with Gasteiger partial charge in [0.1, 0.15) is 5.01 Å². The van der Waals surface area contributed by atoms with E-state index in [-0.39, 0.29) is 5.54 Å². The fourth-order valence-corrected chi connectivity index (χ4v) is 3.33. The minimum Gasteiger partial charge on any atom is -0.301 e. The average molecular weight is 266 g/mol. The molecule has 1 N–H and O–H groups in total. The van der Waals surface area contributed by atoms with Crippen molar-refractivity contribution in [3.8, 4) is 0 Å². The third-order valence-electron chi connectivity index (χ3n) is 3.06. The standard InChI is InChI=1S/C13H18N2S2/c1-4-13(3,12-15-10(2)8-17-12)14-7-11-5-6-16-9-11/h5-6,8-9,14H,4,7H2,1-3H3. The maximum absolute atomic E-state index is 4.61. The molecular formula is C13H18N2S2. The van der Waals surface area contributed by atoms with Crippen LogP contribution in [0.15, 0.2) is 22.2 Å². The molecule has 0 spiro atoms. The lowest BCUT2D eigenvalue weighted by Crippen LogP contribution is -2.38. The number of nitrogens with zero attached hydrogens (tertiary/aromatic N) is 1. The van der Waals surface area contributed by atoms with Crippen molar-refractivity contribution in [2.24, 2.45) is 0 Å². The van der Waals surface area contributed by atoms with Crippen molar-refractivity contribution < 1.29 is 0 Å². The van der Waals surface area contributed by atoms with Crippen LogP contribution in [-0.4, -0.2) is 4.98 Å². The lowest BCUT2D eigenvalue weighted by atomic mass is 9.99. The number of thiophene rings is 1. The van der Waals surface area contributed by atoms with Crippen LogP contribution in [0.25, 0.3) is 0 Å². The molecule has 0 aliphatic heterocycles. The number of nitrogens with one attached hydrogen (secondary N) is 1. The second-order valence-electron chi connectivity index (χ2n) is 4.46. The van der Waals surface area contributed by atoms with Crippen LogP contribution in [0, 0.1) is 6.92 Å². The summed E-state index contributed by atoms with van der Waals surface area (Å²) in [6.45, 7) is 7.40. The molecule has 2 nitrogen and oxygen atoms in total. The summed E-state index contributed by atoms with van der Waals surface area (Å²) < 4.78 is 0. The van der Waals surface area contributed by atoms with Gasteiger partial charge in [0, 0.05) is 17.6 Å². The molecule has 0 amide bonds. The van der Waals surface area contributed by atoms with Crippen molar-refractivity contribution in [3.05, 3.63) is 38.5 Å². The highest BCUT2D eigenvalue weighted by Crippen LogP contribution is 2.28. The van der Waals surface area contributed by atoms with E-state index in [1.54, 1.807) is 22.7 Å². The van der Waals surface area contributed by atoms with Crippen LogP contribution in [-0.2, 0) is 12.1 Å². The highest BCUT2D eigenvalue weighted by Gasteiger charge is 2.26. The summed E-state index contributed by atoms with van der Waals surface area (Å²) in [5.74, 6) is 0. The number of hydrogen-bond acceptors (Lipinski definition) is 4. The molecule has 0 radical (unpaired) electrons. The fourth-order valence-electron chi connectivity index (χ4n) is 1.65. The summed E-state index contributed by atoms with van der Waals surface area (Å²) in [6, 6.07) is 2.17. The van der Waals surface area contributed by atoms with Crippen LogP contribution in [0.4, 0.5) is 0 Å². The first-order valence-electron chi connectivity index (χ1n) is 5.83. The second kappa shape index (κ2) is 5.29. The lowest BCUT2D eigenvalue weighted by Gasteiger charge is -2.27. The molecule has 0 bridgehead atoms. The fraction of sp³-hybridized carbons (Fsp3) is 0.462. The van der Waals surface area contributed by atoms with Crippen LogP contribution >= 0.6 is 22.7 Å².